The molecule has 2 rings (SSSR count). The van der Waals surface area contributed by atoms with Crippen molar-refractivity contribution < 1.29 is 9.90 Å². The van der Waals surface area contributed by atoms with E-state index in [1.54, 1.807) is 7.05 Å². The Morgan fingerprint density at radius 2 is 2.25 bits per heavy atom. The van der Waals surface area contributed by atoms with Crippen LogP contribution in [0.5, 0.6) is 5.75 Å². The van der Waals surface area contributed by atoms with E-state index in [1.165, 1.54) is 0 Å². The summed E-state index contributed by atoms with van der Waals surface area (Å²) in [7, 11) is 1.68. The van der Waals surface area contributed by atoms with E-state index >= 15 is 0 Å². The Balaban J connectivity index is 2.21. The van der Waals surface area contributed by atoms with Crippen molar-refractivity contribution in [1.29, 1.82) is 0 Å². The van der Waals surface area contributed by atoms with Crippen LogP contribution in [0.1, 0.15) is 30.4 Å². The van der Waals surface area contributed by atoms with Gasteiger partial charge in [0.15, 0.2) is 0 Å². The third-order valence-electron chi connectivity index (χ3n) is 3.88. The quantitative estimate of drug-likeness (QED) is 0.889. The number of benzene rings is 1. The Morgan fingerprint density at radius 3 is 2.95 bits per heavy atom. The molecule has 1 fully saturated rings. The first-order valence-electron chi connectivity index (χ1n) is 6.96. The monoisotopic (exact) mass is 340 g/mol. The highest BCUT2D eigenvalue weighted by Gasteiger charge is 2.28. The van der Waals surface area contributed by atoms with Crippen molar-refractivity contribution in [3.63, 3.8) is 0 Å². The molecule has 1 aliphatic heterocycles. The van der Waals surface area contributed by atoms with Gasteiger partial charge in [0.1, 0.15) is 5.75 Å². The SMILES string of the molecule is CNC(=O)C1CCCCN1Cc1cc(Br)cc(C)c1O. The highest BCUT2D eigenvalue weighted by atomic mass is 79.9. The second-order valence-electron chi connectivity index (χ2n) is 5.33. The van der Waals surface area contributed by atoms with Gasteiger partial charge in [0.2, 0.25) is 5.91 Å². The number of piperidine rings is 1. The molecule has 2 N–H and O–H groups in total. The molecule has 110 valence electrons. The van der Waals surface area contributed by atoms with Crippen molar-refractivity contribution in [2.75, 3.05) is 13.6 Å². The lowest BCUT2D eigenvalue weighted by Gasteiger charge is -2.34. The molecule has 1 aliphatic rings. The Hall–Kier alpha value is -1.07. The average molecular weight is 341 g/mol. The zero-order valence-electron chi connectivity index (χ0n) is 11.9. The summed E-state index contributed by atoms with van der Waals surface area (Å²) in [6, 6.07) is 3.73. The molecule has 0 bridgehead atoms. The number of nitrogens with one attached hydrogen (secondary N) is 1. The predicted octanol–water partition coefficient (Wildman–Crippen LogP) is 2.56. The van der Waals surface area contributed by atoms with Crippen LogP contribution in [-0.2, 0) is 11.3 Å². The molecule has 0 spiro atoms. The van der Waals surface area contributed by atoms with Crippen LogP contribution >= 0.6 is 15.9 Å². The van der Waals surface area contributed by atoms with Crippen LogP contribution in [0.2, 0.25) is 0 Å². The van der Waals surface area contributed by atoms with Crippen LogP contribution in [0, 0.1) is 6.92 Å². The third-order valence-corrected chi connectivity index (χ3v) is 4.34. The second-order valence-corrected chi connectivity index (χ2v) is 6.24. The molecule has 1 heterocycles. The molecule has 1 aromatic carbocycles. The molecule has 1 aromatic rings. The maximum atomic E-state index is 12.0. The predicted molar refractivity (Wildman–Crippen MR) is 82.7 cm³/mol. The zero-order valence-corrected chi connectivity index (χ0v) is 13.5. The number of likely N-dealkylation sites (tertiary alicyclic amines) is 1. The number of hydrogen-bond acceptors (Lipinski definition) is 3. The summed E-state index contributed by atoms with van der Waals surface area (Å²) >= 11 is 3.46. The first kappa shape index (κ1) is 15.3. The van der Waals surface area contributed by atoms with E-state index in [0.29, 0.717) is 12.3 Å². The molecule has 1 atom stereocenters. The van der Waals surface area contributed by atoms with Gasteiger partial charge in [0, 0.05) is 23.6 Å². The fourth-order valence-electron chi connectivity index (χ4n) is 2.79. The first-order valence-corrected chi connectivity index (χ1v) is 7.76. The van der Waals surface area contributed by atoms with E-state index < -0.39 is 0 Å². The van der Waals surface area contributed by atoms with Gasteiger partial charge in [0.05, 0.1) is 6.04 Å². The molecule has 1 amide bonds. The van der Waals surface area contributed by atoms with Gasteiger partial charge in [-0.15, -0.1) is 0 Å². The number of carbonyl (C=O) groups excluding carboxylic acids is 1. The largest absolute Gasteiger partial charge is 0.507 e. The molecular weight excluding hydrogens is 320 g/mol. The number of phenols is 1. The molecule has 20 heavy (non-hydrogen) atoms. The number of likely N-dealkylation sites (N-methyl/N-ethyl adjacent to an activating group) is 1. The molecule has 1 saturated heterocycles. The molecule has 1 unspecified atom stereocenters. The summed E-state index contributed by atoms with van der Waals surface area (Å²) < 4.78 is 0.955. The number of carbonyl (C=O) groups is 1. The Labute approximate surface area is 128 Å². The molecule has 0 aliphatic carbocycles. The molecule has 4 nitrogen and oxygen atoms in total. The van der Waals surface area contributed by atoms with E-state index in [1.807, 2.05) is 19.1 Å². The number of rotatable bonds is 3. The highest BCUT2D eigenvalue weighted by molar-refractivity contribution is 9.10. The van der Waals surface area contributed by atoms with Crippen LogP contribution < -0.4 is 5.32 Å². The van der Waals surface area contributed by atoms with Crippen LogP contribution in [0.4, 0.5) is 0 Å². The van der Waals surface area contributed by atoms with Crippen molar-refractivity contribution in [2.45, 2.75) is 38.8 Å². The smallest absolute Gasteiger partial charge is 0.237 e. The molecule has 5 heteroatoms. The van der Waals surface area contributed by atoms with Crippen molar-refractivity contribution in [1.82, 2.24) is 10.2 Å². The highest BCUT2D eigenvalue weighted by Crippen LogP contribution is 2.29. The summed E-state index contributed by atoms with van der Waals surface area (Å²) in [6.07, 6.45) is 3.06. The van der Waals surface area contributed by atoms with Gasteiger partial charge in [-0.3, -0.25) is 9.69 Å². The number of halogens is 1. The van der Waals surface area contributed by atoms with E-state index in [-0.39, 0.29) is 11.9 Å². The minimum Gasteiger partial charge on any atom is -0.507 e. The maximum Gasteiger partial charge on any atom is 0.237 e. The maximum absolute atomic E-state index is 12.0. The number of aryl methyl sites for hydroxylation is 1. The van der Waals surface area contributed by atoms with Gasteiger partial charge in [-0.1, -0.05) is 22.4 Å². The van der Waals surface area contributed by atoms with Crippen molar-refractivity contribution >= 4 is 21.8 Å². The van der Waals surface area contributed by atoms with Gasteiger partial charge in [-0.25, -0.2) is 0 Å². The van der Waals surface area contributed by atoms with E-state index in [2.05, 4.69) is 26.1 Å². The van der Waals surface area contributed by atoms with Gasteiger partial charge >= 0.3 is 0 Å². The minimum atomic E-state index is -0.0903. The van der Waals surface area contributed by atoms with Crippen molar-refractivity contribution in [3.8, 4) is 5.75 Å². The fourth-order valence-corrected chi connectivity index (χ4v) is 3.41. The lowest BCUT2D eigenvalue weighted by molar-refractivity contribution is -0.127. The zero-order chi connectivity index (χ0) is 14.7. The van der Waals surface area contributed by atoms with E-state index in [0.717, 1.165) is 41.4 Å². The Kier molecular flexibility index (Phi) is 5.05. The Bertz CT molecular complexity index is 505. The van der Waals surface area contributed by atoms with Gasteiger partial charge in [0.25, 0.3) is 0 Å². The standard InChI is InChI=1S/C15H21BrN2O2/c1-10-7-12(16)8-11(14(10)19)9-18-6-4-3-5-13(18)15(20)17-2/h7-8,13,19H,3-6,9H2,1-2H3,(H,17,20). The lowest BCUT2D eigenvalue weighted by atomic mass is 10.00. The molecular formula is C15H21BrN2O2. The average Bonchev–Trinajstić information content (AvgIpc) is 2.44. The topological polar surface area (TPSA) is 52.6 Å². The van der Waals surface area contributed by atoms with Crippen molar-refractivity contribution in [3.05, 3.63) is 27.7 Å². The second kappa shape index (κ2) is 6.59. The first-order chi connectivity index (χ1) is 9.52. The number of hydrogen-bond donors (Lipinski definition) is 2. The fraction of sp³-hybridized carbons (Fsp3) is 0.533. The van der Waals surface area contributed by atoms with Crippen LogP contribution in [0.3, 0.4) is 0 Å². The van der Waals surface area contributed by atoms with Crippen LogP contribution in [0.25, 0.3) is 0 Å². The van der Waals surface area contributed by atoms with Gasteiger partial charge in [-0.05, 0) is 44.0 Å². The summed E-state index contributed by atoms with van der Waals surface area (Å²) in [5, 5.41) is 12.9. The summed E-state index contributed by atoms with van der Waals surface area (Å²) in [5.74, 6) is 0.394. The van der Waals surface area contributed by atoms with Gasteiger partial charge in [-0.2, -0.15) is 0 Å². The van der Waals surface area contributed by atoms with E-state index in [4.69, 9.17) is 0 Å². The summed E-state index contributed by atoms with van der Waals surface area (Å²) in [5.41, 5.74) is 1.72. The molecule has 0 saturated carbocycles. The lowest BCUT2D eigenvalue weighted by Crippen LogP contribution is -2.48. The van der Waals surface area contributed by atoms with Crippen LogP contribution in [-0.4, -0.2) is 35.5 Å². The Morgan fingerprint density at radius 1 is 1.50 bits per heavy atom. The normalized spacial score (nSPS) is 19.9. The minimum absolute atomic E-state index is 0.0657. The number of aromatic hydroxyl groups is 1. The summed E-state index contributed by atoms with van der Waals surface area (Å²) in [4.78, 5) is 14.1. The number of phenolic OH excluding ortho intramolecular Hbond substituents is 1. The van der Waals surface area contributed by atoms with E-state index in [9.17, 15) is 9.90 Å². The number of nitrogens with zero attached hydrogens (tertiary/aromatic N) is 1. The van der Waals surface area contributed by atoms with Gasteiger partial charge < -0.3 is 10.4 Å². The van der Waals surface area contributed by atoms with Crippen LogP contribution in [0.15, 0.2) is 16.6 Å². The summed E-state index contributed by atoms with van der Waals surface area (Å²) in [6.45, 7) is 3.38. The number of amides is 1. The van der Waals surface area contributed by atoms with Crippen molar-refractivity contribution in [2.24, 2.45) is 0 Å². The third kappa shape index (κ3) is 3.33. The molecule has 0 radical (unpaired) electrons. The molecule has 0 aromatic heterocycles.